The normalized spacial score (nSPS) is 28.9. The molecule has 2 saturated heterocycles. The summed E-state index contributed by atoms with van der Waals surface area (Å²) in [6.45, 7) is 0. The fourth-order valence-electron chi connectivity index (χ4n) is 6.56. The molecule has 0 bridgehead atoms. The number of nitriles is 1. The van der Waals surface area contributed by atoms with Gasteiger partial charge in [0, 0.05) is 44.3 Å². The van der Waals surface area contributed by atoms with Crippen molar-refractivity contribution in [2.24, 2.45) is 0 Å². The van der Waals surface area contributed by atoms with Crippen LogP contribution in [0.25, 0.3) is 11.0 Å². The molecule has 36 heavy (non-hydrogen) atoms. The van der Waals surface area contributed by atoms with Crippen molar-refractivity contribution in [2.75, 3.05) is 16.9 Å². The highest BCUT2D eigenvalue weighted by atomic mass is 79.9. The Morgan fingerprint density at radius 1 is 1.17 bits per heavy atom. The van der Waals surface area contributed by atoms with Gasteiger partial charge >= 0.3 is 0 Å². The van der Waals surface area contributed by atoms with Crippen molar-refractivity contribution in [3.8, 4) is 6.07 Å². The maximum atomic E-state index is 14.3. The molecule has 4 atom stereocenters. The van der Waals surface area contributed by atoms with Crippen LogP contribution in [-0.4, -0.2) is 38.4 Å². The van der Waals surface area contributed by atoms with Gasteiger partial charge in [0.15, 0.2) is 11.0 Å². The van der Waals surface area contributed by atoms with Crippen LogP contribution in [0.3, 0.4) is 0 Å². The number of benzene rings is 3. The van der Waals surface area contributed by atoms with Gasteiger partial charge in [-0.05, 0) is 48.0 Å². The Labute approximate surface area is 225 Å². The Kier molecular flexibility index (Phi) is 4.87. The number of carbonyl (C=O) groups is 1. The van der Waals surface area contributed by atoms with E-state index in [-0.39, 0.29) is 17.9 Å². The topological polar surface area (TPSA) is 84.8 Å². The van der Waals surface area contributed by atoms with Crippen LogP contribution in [0, 0.1) is 11.3 Å². The molecule has 0 unspecified atom stereocenters. The molecule has 9 heteroatoms. The van der Waals surface area contributed by atoms with Crippen molar-refractivity contribution in [3.63, 3.8) is 0 Å². The van der Waals surface area contributed by atoms with E-state index in [0.29, 0.717) is 16.7 Å². The van der Waals surface area contributed by atoms with Gasteiger partial charge in [-0.3, -0.25) is 9.69 Å². The van der Waals surface area contributed by atoms with Crippen LogP contribution in [0.4, 0.5) is 5.69 Å². The number of halogens is 2. The lowest BCUT2D eigenvalue weighted by Gasteiger charge is -2.41. The molecule has 1 aromatic heterocycles. The molecular formula is C27H19BrClN5OS. The standard InChI is InChI=1S/C27H19BrClN5OS/c28-16-7-10-19-18(11-16)27(25(35)33-19)26(13-30,24-31-20-3-1-2-4-21(20)32-24)23(22-12-36-14-34(22)27)15-5-8-17(29)9-6-15/h1-11,22-23H,12,14H2,(H,31,32)(H,33,35)/t22-,23-,26+,27-/m0/s1. The number of anilines is 1. The maximum absolute atomic E-state index is 14.3. The number of H-pyrrole nitrogens is 1. The summed E-state index contributed by atoms with van der Waals surface area (Å²) in [6.07, 6.45) is 0. The number of imidazole rings is 1. The quantitative estimate of drug-likeness (QED) is 0.317. The first kappa shape index (κ1) is 22.4. The van der Waals surface area contributed by atoms with Crippen molar-refractivity contribution in [3.05, 3.63) is 93.2 Å². The largest absolute Gasteiger partial charge is 0.341 e. The van der Waals surface area contributed by atoms with Crippen molar-refractivity contribution >= 4 is 61.9 Å². The molecule has 4 heterocycles. The van der Waals surface area contributed by atoms with Gasteiger partial charge in [-0.25, -0.2) is 4.98 Å². The van der Waals surface area contributed by atoms with Gasteiger partial charge < -0.3 is 10.3 Å². The Hall–Kier alpha value is -2.83. The number of fused-ring (bicyclic) bond motifs is 5. The summed E-state index contributed by atoms with van der Waals surface area (Å²) in [5.74, 6) is 1.42. The highest BCUT2D eigenvalue weighted by molar-refractivity contribution is 9.10. The van der Waals surface area contributed by atoms with E-state index in [2.05, 4.69) is 37.2 Å². The first-order chi connectivity index (χ1) is 17.5. The Bertz CT molecular complexity index is 1570. The summed E-state index contributed by atoms with van der Waals surface area (Å²) in [4.78, 5) is 25.0. The van der Waals surface area contributed by atoms with E-state index in [0.717, 1.165) is 38.1 Å². The molecule has 6 nitrogen and oxygen atoms in total. The molecule has 7 rings (SSSR count). The molecule has 1 spiro atoms. The number of thioether (sulfide) groups is 1. The number of carbonyl (C=O) groups excluding carboxylic acids is 1. The maximum Gasteiger partial charge on any atom is 0.251 e. The highest BCUT2D eigenvalue weighted by Gasteiger charge is 2.77. The van der Waals surface area contributed by atoms with Crippen molar-refractivity contribution in [1.82, 2.24) is 14.9 Å². The summed E-state index contributed by atoms with van der Waals surface area (Å²) in [6, 6.07) is 23.9. The second-order valence-corrected chi connectivity index (χ2v) is 11.8. The second kappa shape index (κ2) is 7.83. The van der Waals surface area contributed by atoms with Crippen LogP contribution in [-0.2, 0) is 15.7 Å². The molecule has 2 N–H and O–H groups in total. The number of hydrogen-bond acceptors (Lipinski definition) is 5. The highest BCUT2D eigenvalue weighted by Crippen LogP contribution is 2.67. The molecule has 2 fully saturated rings. The van der Waals surface area contributed by atoms with E-state index < -0.39 is 11.0 Å². The van der Waals surface area contributed by atoms with Crippen LogP contribution < -0.4 is 5.32 Å². The number of para-hydroxylation sites is 2. The van der Waals surface area contributed by atoms with Gasteiger partial charge in [0.2, 0.25) is 0 Å². The monoisotopic (exact) mass is 575 g/mol. The predicted octanol–water partition coefficient (Wildman–Crippen LogP) is 5.76. The van der Waals surface area contributed by atoms with Crippen LogP contribution in [0.2, 0.25) is 5.02 Å². The lowest BCUT2D eigenvalue weighted by atomic mass is 9.60. The van der Waals surface area contributed by atoms with E-state index in [4.69, 9.17) is 16.6 Å². The number of nitrogens with one attached hydrogen (secondary N) is 2. The van der Waals surface area contributed by atoms with Crippen molar-refractivity contribution in [2.45, 2.75) is 22.9 Å². The number of aromatic nitrogens is 2. The lowest BCUT2D eigenvalue weighted by Crippen LogP contribution is -2.58. The molecule has 3 aromatic carbocycles. The summed E-state index contributed by atoms with van der Waals surface area (Å²) in [7, 11) is 0. The average molecular weight is 577 g/mol. The van der Waals surface area contributed by atoms with Gasteiger partial charge in [-0.2, -0.15) is 5.26 Å². The molecule has 0 aliphatic carbocycles. The number of amides is 1. The van der Waals surface area contributed by atoms with Crippen molar-refractivity contribution < 1.29 is 4.79 Å². The third-order valence-corrected chi connectivity index (χ3v) is 9.67. The minimum Gasteiger partial charge on any atom is -0.341 e. The SMILES string of the molecule is N#C[C@]1(c2nc3ccccc3[nH]2)[C@@H](c2ccc(Cl)cc2)[C@@H]2CSCN2[C@@]12C(=O)Nc1ccc(Br)cc12. The summed E-state index contributed by atoms with van der Waals surface area (Å²) < 4.78 is 0.854. The predicted molar refractivity (Wildman–Crippen MR) is 145 cm³/mol. The van der Waals surface area contributed by atoms with Gasteiger partial charge in [-0.1, -0.05) is 51.8 Å². The molecule has 0 radical (unpaired) electrons. The summed E-state index contributed by atoms with van der Waals surface area (Å²) in [5.41, 5.74) is 1.49. The third-order valence-electron chi connectivity index (χ3n) is 7.89. The minimum atomic E-state index is -1.33. The second-order valence-electron chi connectivity index (χ2n) is 9.44. The zero-order valence-electron chi connectivity index (χ0n) is 18.8. The van der Waals surface area contributed by atoms with E-state index in [1.165, 1.54) is 0 Å². The van der Waals surface area contributed by atoms with E-state index >= 15 is 0 Å². The van der Waals surface area contributed by atoms with Crippen LogP contribution >= 0.6 is 39.3 Å². The average Bonchev–Trinajstić information content (AvgIpc) is 3.63. The van der Waals surface area contributed by atoms with Gasteiger partial charge in [0.1, 0.15) is 5.82 Å². The number of hydrogen-bond donors (Lipinski definition) is 2. The van der Waals surface area contributed by atoms with Crippen LogP contribution in [0.5, 0.6) is 0 Å². The zero-order valence-corrected chi connectivity index (χ0v) is 22.0. The Balaban J connectivity index is 1.62. The van der Waals surface area contributed by atoms with Crippen molar-refractivity contribution in [1.29, 1.82) is 5.26 Å². The smallest absolute Gasteiger partial charge is 0.251 e. The van der Waals surface area contributed by atoms with Crippen LogP contribution in [0.15, 0.2) is 71.2 Å². The third kappa shape index (κ3) is 2.67. The van der Waals surface area contributed by atoms with Gasteiger partial charge in [-0.15, -0.1) is 11.8 Å². The number of rotatable bonds is 2. The first-order valence-corrected chi connectivity index (χ1v) is 13.9. The molecular weight excluding hydrogens is 558 g/mol. The van der Waals surface area contributed by atoms with E-state index in [9.17, 15) is 10.1 Å². The molecule has 3 aliphatic rings. The van der Waals surface area contributed by atoms with E-state index in [1.54, 1.807) is 11.8 Å². The minimum absolute atomic E-state index is 0.0558. The Morgan fingerprint density at radius 2 is 1.97 bits per heavy atom. The fraction of sp³-hybridized carbons (Fsp3) is 0.222. The molecule has 1 amide bonds. The Morgan fingerprint density at radius 3 is 2.75 bits per heavy atom. The lowest BCUT2D eigenvalue weighted by molar-refractivity contribution is -0.128. The fourth-order valence-corrected chi connectivity index (χ4v) is 8.35. The summed E-state index contributed by atoms with van der Waals surface area (Å²) >= 11 is 11.7. The van der Waals surface area contributed by atoms with Gasteiger partial charge in [0.05, 0.1) is 17.1 Å². The number of aromatic amines is 1. The zero-order chi connectivity index (χ0) is 24.7. The molecule has 4 aromatic rings. The van der Waals surface area contributed by atoms with Gasteiger partial charge in [0.25, 0.3) is 5.91 Å². The van der Waals surface area contributed by atoms with E-state index in [1.807, 2.05) is 66.7 Å². The molecule has 3 aliphatic heterocycles. The first-order valence-electron chi connectivity index (χ1n) is 11.6. The van der Waals surface area contributed by atoms with Crippen LogP contribution in [0.1, 0.15) is 22.9 Å². The molecule has 178 valence electrons. The number of nitrogens with zero attached hydrogens (tertiary/aromatic N) is 3. The summed E-state index contributed by atoms with van der Waals surface area (Å²) in [5, 5.41) is 15.1. The molecule has 0 saturated carbocycles.